The molecule has 0 unspecified atom stereocenters. The molecule has 122 valence electrons. The van der Waals surface area contributed by atoms with Crippen molar-refractivity contribution in [3.63, 3.8) is 0 Å². The molecule has 0 radical (unpaired) electrons. The Hall–Kier alpha value is -1.68. The summed E-state index contributed by atoms with van der Waals surface area (Å²) in [5.41, 5.74) is 1.88. The minimum absolute atomic E-state index is 0.338. The maximum absolute atomic E-state index is 6.19. The fourth-order valence-corrected chi connectivity index (χ4v) is 2.59. The Kier molecular flexibility index (Phi) is 6.78. The van der Waals surface area contributed by atoms with Crippen molar-refractivity contribution in [2.24, 2.45) is 0 Å². The van der Waals surface area contributed by atoms with E-state index < -0.39 is 0 Å². The molecule has 0 atom stereocenters. The molecule has 2 rings (SSSR count). The summed E-state index contributed by atoms with van der Waals surface area (Å²) >= 11 is 12.1. The van der Waals surface area contributed by atoms with Gasteiger partial charge in [-0.15, -0.1) is 6.58 Å². The molecule has 0 aliphatic rings. The van der Waals surface area contributed by atoms with Gasteiger partial charge in [0.15, 0.2) is 11.5 Å². The predicted molar refractivity (Wildman–Crippen MR) is 95.7 cm³/mol. The number of benzene rings is 2. The van der Waals surface area contributed by atoms with Gasteiger partial charge in [-0.3, -0.25) is 0 Å². The van der Waals surface area contributed by atoms with E-state index >= 15 is 0 Å². The number of rotatable bonds is 8. The number of para-hydroxylation sites is 1. The van der Waals surface area contributed by atoms with Crippen LogP contribution in [0.25, 0.3) is 0 Å². The summed E-state index contributed by atoms with van der Waals surface area (Å²) in [6, 6.07) is 11.2. The second-order valence-corrected chi connectivity index (χ2v) is 5.74. The molecule has 0 saturated carbocycles. The number of hydrogen-bond acceptors (Lipinski definition) is 3. The highest BCUT2D eigenvalue weighted by atomic mass is 35.5. The minimum atomic E-state index is 0.338. The van der Waals surface area contributed by atoms with E-state index in [0.29, 0.717) is 34.7 Å². The molecule has 0 bridgehead atoms. The fraction of sp³-hybridized carbons (Fsp3) is 0.222. The third-order valence-corrected chi connectivity index (χ3v) is 3.86. The molecular weight excluding hydrogens is 333 g/mol. The van der Waals surface area contributed by atoms with Gasteiger partial charge in [0.05, 0.1) is 7.11 Å². The van der Waals surface area contributed by atoms with Gasteiger partial charge < -0.3 is 14.8 Å². The third kappa shape index (κ3) is 4.90. The number of hydrogen-bond donors (Lipinski definition) is 1. The third-order valence-electron chi connectivity index (χ3n) is 3.27. The number of nitrogens with one attached hydrogen (secondary N) is 1. The molecule has 0 spiro atoms. The summed E-state index contributed by atoms with van der Waals surface area (Å²) in [6.07, 6.45) is 1.81. The lowest BCUT2D eigenvalue weighted by Crippen LogP contribution is -2.14. The van der Waals surface area contributed by atoms with Gasteiger partial charge in [-0.25, -0.2) is 0 Å². The Morgan fingerprint density at radius 2 is 2.00 bits per heavy atom. The van der Waals surface area contributed by atoms with Crippen LogP contribution in [-0.4, -0.2) is 13.7 Å². The van der Waals surface area contributed by atoms with E-state index in [1.807, 2.05) is 30.3 Å². The van der Waals surface area contributed by atoms with E-state index in [2.05, 4.69) is 11.9 Å². The predicted octanol–water partition coefficient (Wildman–Crippen LogP) is 4.86. The molecular formula is C18H19Cl2NO2. The van der Waals surface area contributed by atoms with Crippen LogP contribution in [0.15, 0.2) is 49.1 Å². The van der Waals surface area contributed by atoms with Crippen LogP contribution >= 0.6 is 23.2 Å². The Morgan fingerprint density at radius 1 is 1.17 bits per heavy atom. The van der Waals surface area contributed by atoms with Crippen LogP contribution in [0.3, 0.4) is 0 Å². The van der Waals surface area contributed by atoms with Crippen molar-refractivity contribution >= 4 is 23.2 Å². The van der Waals surface area contributed by atoms with Crippen LogP contribution in [0, 0.1) is 0 Å². The van der Waals surface area contributed by atoms with Gasteiger partial charge in [-0.1, -0.05) is 47.5 Å². The standard InChI is InChI=1S/C18H19Cl2NO2/c1-3-9-21-11-13-5-4-6-17(22-2)18(13)23-12-14-7-8-15(19)10-16(14)20/h3-8,10,21H,1,9,11-12H2,2H3. The highest BCUT2D eigenvalue weighted by Crippen LogP contribution is 2.32. The van der Waals surface area contributed by atoms with Crippen molar-refractivity contribution in [3.05, 3.63) is 70.2 Å². The van der Waals surface area contributed by atoms with Crippen molar-refractivity contribution in [3.8, 4) is 11.5 Å². The summed E-state index contributed by atoms with van der Waals surface area (Å²) in [7, 11) is 1.62. The van der Waals surface area contributed by atoms with Crippen LogP contribution < -0.4 is 14.8 Å². The Bertz CT molecular complexity index is 674. The van der Waals surface area contributed by atoms with Crippen molar-refractivity contribution in [1.82, 2.24) is 5.32 Å². The summed E-state index contributed by atoms with van der Waals surface area (Å²) in [4.78, 5) is 0. The summed E-state index contributed by atoms with van der Waals surface area (Å²) in [5.74, 6) is 1.39. The molecule has 2 aromatic carbocycles. The van der Waals surface area contributed by atoms with Crippen molar-refractivity contribution in [2.45, 2.75) is 13.2 Å². The molecule has 23 heavy (non-hydrogen) atoms. The van der Waals surface area contributed by atoms with E-state index in [1.54, 1.807) is 19.2 Å². The van der Waals surface area contributed by atoms with Gasteiger partial charge in [0.25, 0.3) is 0 Å². The normalized spacial score (nSPS) is 10.4. The molecule has 0 aromatic heterocycles. The van der Waals surface area contributed by atoms with Crippen molar-refractivity contribution < 1.29 is 9.47 Å². The topological polar surface area (TPSA) is 30.5 Å². The molecule has 3 nitrogen and oxygen atoms in total. The van der Waals surface area contributed by atoms with Crippen LogP contribution in [0.4, 0.5) is 0 Å². The second kappa shape index (κ2) is 8.82. The average Bonchev–Trinajstić information content (AvgIpc) is 2.55. The van der Waals surface area contributed by atoms with Crippen molar-refractivity contribution in [2.75, 3.05) is 13.7 Å². The lowest BCUT2D eigenvalue weighted by atomic mass is 10.1. The minimum Gasteiger partial charge on any atom is -0.493 e. The SMILES string of the molecule is C=CCNCc1cccc(OC)c1OCc1ccc(Cl)cc1Cl. The first-order valence-corrected chi connectivity index (χ1v) is 7.95. The summed E-state index contributed by atoms with van der Waals surface area (Å²) in [5, 5.41) is 4.45. The molecule has 5 heteroatoms. The van der Waals surface area contributed by atoms with Gasteiger partial charge >= 0.3 is 0 Å². The number of ether oxygens (including phenoxy) is 2. The van der Waals surface area contributed by atoms with Crippen molar-refractivity contribution in [1.29, 1.82) is 0 Å². The van der Waals surface area contributed by atoms with Gasteiger partial charge in [0.1, 0.15) is 6.61 Å². The smallest absolute Gasteiger partial charge is 0.166 e. The highest BCUT2D eigenvalue weighted by molar-refractivity contribution is 6.35. The monoisotopic (exact) mass is 351 g/mol. The number of methoxy groups -OCH3 is 1. The lowest BCUT2D eigenvalue weighted by molar-refractivity contribution is 0.281. The molecule has 2 aromatic rings. The quantitative estimate of drug-likeness (QED) is 0.544. The summed E-state index contributed by atoms with van der Waals surface area (Å²) in [6.45, 7) is 5.42. The maximum Gasteiger partial charge on any atom is 0.166 e. The fourth-order valence-electron chi connectivity index (χ4n) is 2.12. The molecule has 0 amide bonds. The maximum atomic E-state index is 6.19. The molecule has 0 aliphatic heterocycles. The van der Waals surface area contributed by atoms with E-state index in [-0.39, 0.29) is 0 Å². The van der Waals surface area contributed by atoms with Gasteiger partial charge in [-0.2, -0.15) is 0 Å². The summed E-state index contributed by atoms with van der Waals surface area (Å²) < 4.78 is 11.4. The van der Waals surface area contributed by atoms with Crippen LogP contribution in [0.1, 0.15) is 11.1 Å². The average molecular weight is 352 g/mol. The first-order valence-electron chi connectivity index (χ1n) is 7.20. The molecule has 0 aliphatic carbocycles. The zero-order chi connectivity index (χ0) is 16.7. The largest absolute Gasteiger partial charge is 0.493 e. The van der Waals surface area contributed by atoms with Gasteiger partial charge in [0.2, 0.25) is 0 Å². The first kappa shape index (κ1) is 17.7. The Labute approximate surface area is 146 Å². The first-order chi connectivity index (χ1) is 11.2. The Balaban J connectivity index is 2.17. The van der Waals surface area contributed by atoms with E-state index in [1.165, 1.54) is 0 Å². The zero-order valence-electron chi connectivity index (χ0n) is 12.9. The van der Waals surface area contributed by atoms with E-state index in [0.717, 1.165) is 17.7 Å². The number of halogens is 2. The van der Waals surface area contributed by atoms with E-state index in [9.17, 15) is 0 Å². The second-order valence-electron chi connectivity index (χ2n) is 4.89. The Morgan fingerprint density at radius 3 is 2.70 bits per heavy atom. The molecule has 0 fully saturated rings. The van der Waals surface area contributed by atoms with E-state index in [4.69, 9.17) is 32.7 Å². The highest BCUT2D eigenvalue weighted by Gasteiger charge is 2.11. The van der Waals surface area contributed by atoms with Gasteiger partial charge in [-0.05, 0) is 18.2 Å². The van der Waals surface area contributed by atoms with Crippen LogP contribution in [0.5, 0.6) is 11.5 Å². The van der Waals surface area contributed by atoms with Gasteiger partial charge in [0, 0.05) is 34.3 Å². The molecule has 0 saturated heterocycles. The molecule has 0 heterocycles. The lowest BCUT2D eigenvalue weighted by Gasteiger charge is -2.16. The van der Waals surface area contributed by atoms with Crippen LogP contribution in [0.2, 0.25) is 10.0 Å². The van der Waals surface area contributed by atoms with Crippen LogP contribution in [-0.2, 0) is 13.2 Å². The molecule has 1 N–H and O–H groups in total. The zero-order valence-corrected chi connectivity index (χ0v) is 14.5.